The number of amides is 1. The van der Waals surface area contributed by atoms with Gasteiger partial charge in [-0.05, 0) is 50.8 Å². The summed E-state index contributed by atoms with van der Waals surface area (Å²) in [5.41, 5.74) is 0.748. The van der Waals surface area contributed by atoms with Gasteiger partial charge in [-0.15, -0.1) is 15.3 Å². The van der Waals surface area contributed by atoms with Crippen molar-refractivity contribution in [2.24, 2.45) is 5.92 Å². The average molecular weight is 371 g/mol. The summed E-state index contributed by atoms with van der Waals surface area (Å²) in [6.07, 6.45) is 6.73. The van der Waals surface area contributed by atoms with E-state index in [1.165, 1.54) is 13.0 Å². The molecule has 8 heteroatoms. The Morgan fingerprint density at radius 1 is 1.15 bits per heavy atom. The standard InChI is InChI=1S/C19H29N7O/c1-2-9-24-10-7-16(8-11-24)21-19(27)15-5-12-25(13-6-15)18-4-3-17-22-20-14-26(17)23-18/h3-4,14-16H,2,5-13H2,1H3,(H,21,27). The summed E-state index contributed by atoms with van der Waals surface area (Å²) in [6.45, 7) is 7.32. The first-order valence-electron chi connectivity index (χ1n) is 10.2. The van der Waals surface area contributed by atoms with Crippen LogP contribution in [0.3, 0.4) is 0 Å². The molecule has 2 aromatic heterocycles. The third-order valence-corrected chi connectivity index (χ3v) is 5.81. The molecule has 0 saturated carbocycles. The lowest BCUT2D eigenvalue weighted by Gasteiger charge is -2.35. The number of rotatable bonds is 5. The Morgan fingerprint density at radius 2 is 1.93 bits per heavy atom. The van der Waals surface area contributed by atoms with E-state index < -0.39 is 0 Å². The van der Waals surface area contributed by atoms with E-state index in [1.807, 2.05) is 12.1 Å². The van der Waals surface area contributed by atoms with Gasteiger partial charge in [-0.2, -0.15) is 4.52 Å². The van der Waals surface area contributed by atoms with Gasteiger partial charge in [-0.1, -0.05) is 6.92 Å². The van der Waals surface area contributed by atoms with Gasteiger partial charge in [-0.25, -0.2) is 0 Å². The predicted molar refractivity (Wildman–Crippen MR) is 104 cm³/mol. The molecule has 146 valence electrons. The lowest BCUT2D eigenvalue weighted by Crippen LogP contribution is -2.48. The maximum Gasteiger partial charge on any atom is 0.223 e. The number of piperidine rings is 2. The molecule has 2 aliphatic rings. The van der Waals surface area contributed by atoms with Crippen LogP contribution in [0.5, 0.6) is 0 Å². The molecule has 2 saturated heterocycles. The topological polar surface area (TPSA) is 78.7 Å². The van der Waals surface area contributed by atoms with Gasteiger partial charge >= 0.3 is 0 Å². The number of fused-ring (bicyclic) bond motifs is 1. The fourth-order valence-electron chi connectivity index (χ4n) is 4.19. The number of anilines is 1. The largest absolute Gasteiger partial charge is 0.355 e. The van der Waals surface area contributed by atoms with Crippen LogP contribution in [-0.2, 0) is 4.79 Å². The first-order chi connectivity index (χ1) is 13.2. The van der Waals surface area contributed by atoms with Crippen LogP contribution < -0.4 is 10.2 Å². The Kier molecular flexibility index (Phi) is 5.52. The summed E-state index contributed by atoms with van der Waals surface area (Å²) < 4.78 is 1.69. The van der Waals surface area contributed by atoms with Crippen LogP contribution in [0.15, 0.2) is 18.5 Å². The second-order valence-corrected chi connectivity index (χ2v) is 7.71. The van der Waals surface area contributed by atoms with Crippen molar-refractivity contribution in [3.05, 3.63) is 18.5 Å². The highest BCUT2D eigenvalue weighted by atomic mass is 16.2. The zero-order valence-corrected chi connectivity index (χ0v) is 16.0. The first-order valence-corrected chi connectivity index (χ1v) is 10.2. The van der Waals surface area contributed by atoms with Gasteiger partial charge in [0, 0.05) is 38.1 Å². The van der Waals surface area contributed by atoms with Gasteiger partial charge < -0.3 is 15.1 Å². The van der Waals surface area contributed by atoms with Crippen molar-refractivity contribution in [1.82, 2.24) is 30.0 Å². The van der Waals surface area contributed by atoms with E-state index >= 15 is 0 Å². The molecule has 0 atom stereocenters. The summed E-state index contributed by atoms with van der Waals surface area (Å²) in [4.78, 5) is 17.4. The minimum absolute atomic E-state index is 0.119. The van der Waals surface area contributed by atoms with E-state index in [0.29, 0.717) is 6.04 Å². The van der Waals surface area contributed by atoms with Crippen molar-refractivity contribution < 1.29 is 4.79 Å². The van der Waals surface area contributed by atoms with E-state index in [2.05, 4.69) is 37.3 Å². The highest BCUT2D eigenvalue weighted by Crippen LogP contribution is 2.22. The maximum atomic E-state index is 12.7. The molecule has 0 spiro atoms. The van der Waals surface area contributed by atoms with Crippen molar-refractivity contribution in [3.63, 3.8) is 0 Å². The van der Waals surface area contributed by atoms with Crippen LogP contribution in [0.2, 0.25) is 0 Å². The molecular formula is C19H29N7O. The number of nitrogens with zero attached hydrogens (tertiary/aromatic N) is 6. The number of hydrogen-bond donors (Lipinski definition) is 1. The van der Waals surface area contributed by atoms with Crippen molar-refractivity contribution in [3.8, 4) is 0 Å². The van der Waals surface area contributed by atoms with Crippen molar-refractivity contribution >= 4 is 17.4 Å². The molecule has 2 aliphatic heterocycles. The highest BCUT2D eigenvalue weighted by molar-refractivity contribution is 5.79. The molecule has 4 rings (SSSR count). The van der Waals surface area contributed by atoms with Crippen molar-refractivity contribution in [1.29, 1.82) is 0 Å². The zero-order valence-electron chi connectivity index (χ0n) is 16.0. The molecule has 0 aromatic carbocycles. The molecule has 0 bridgehead atoms. The Bertz CT molecular complexity index is 760. The average Bonchev–Trinajstić information content (AvgIpc) is 3.17. The molecule has 2 aromatic rings. The summed E-state index contributed by atoms with van der Waals surface area (Å²) >= 11 is 0. The molecule has 4 heterocycles. The number of carbonyl (C=O) groups excluding carboxylic acids is 1. The highest BCUT2D eigenvalue weighted by Gasteiger charge is 2.28. The first kappa shape index (κ1) is 18.2. The number of carbonyl (C=O) groups is 1. The Balaban J connectivity index is 1.25. The van der Waals surface area contributed by atoms with Crippen LogP contribution >= 0.6 is 0 Å². The van der Waals surface area contributed by atoms with E-state index in [-0.39, 0.29) is 11.8 Å². The molecule has 0 radical (unpaired) electrons. The normalized spacial score (nSPS) is 20.3. The van der Waals surface area contributed by atoms with Crippen LogP contribution in [0.25, 0.3) is 5.65 Å². The van der Waals surface area contributed by atoms with Gasteiger partial charge in [0.15, 0.2) is 5.65 Å². The second-order valence-electron chi connectivity index (χ2n) is 7.71. The summed E-state index contributed by atoms with van der Waals surface area (Å²) in [6, 6.07) is 4.26. The molecule has 0 unspecified atom stereocenters. The Labute approximate surface area is 159 Å². The van der Waals surface area contributed by atoms with Crippen LogP contribution in [0, 0.1) is 5.92 Å². The van der Waals surface area contributed by atoms with Gasteiger partial charge in [0.25, 0.3) is 0 Å². The summed E-state index contributed by atoms with van der Waals surface area (Å²) in [5.74, 6) is 1.28. The van der Waals surface area contributed by atoms with E-state index in [9.17, 15) is 4.79 Å². The summed E-state index contributed by atoms with van der Waals surface area (Å²) in [7, 11) is 0. The van der Waals surface area contributed by atoms with E-state index in [4.69, 9.17) is 0 Å². The minimum Gasteiger partial charge on any atom is -0.355 e. The molecule has 2 fully saturated rings. The molecular weight excluding hydrogens is 342 g/mol. The fourth-order valence-corrected chi connectivity index (χ4v) is 4.19. The third kappa shape index (κ3) is 4.21. The molecule has 0 aliphatic carbocycles. The number of aromatic nitrogens is 4. The van der Waals surface area contributed by atoms with Gasteiger partial charge in [0.2, 0.25) is 5.91 Å². The third-order valence-electron chi connectivity index (χ3n) is 5.81. The molecule has 1 amide bonds. The van der Waals surface area contributed by atoms with Gasteiger partial charge in [-0.3, -0.25) is 4.79 Å². The summed E-state index contributed by atoms with van der Waals surface area (Å²) in [5, 5.41) is 15.7. The van der Waals surface area contributed by atoms with Gasteiger partial charge in [0.05, 0.1) is 0 Å². The zero-order chi connectivity index (χ0) is 18.6. The van der Waals surface area contributed by atoms with Gasteiger partial charge in [0.1, 0.15) is 12.1 Å². The number of likely N-dealkylation sites (tertiary alicyclic amines) is 1. The molecule has 27 heavy (non-hydrogen) atoms. The van der Waals surface area contributed by atoms with Crippen molar-refractivity contribution in [2.75, 3.05) is 37.6 Å². The van der Waals surface area contributed by atoms with E-state index in [1.54, 1.807) is 10.8 Å². The Morgan fingerprint density at radius 3 is 2.67 bits per heavy atom. The lowest BCUT2D eigenvalue weighted by atomic mass is 9.94. The molecule has 1 N–H and O–H groups in total. The predicted octanol–water partition coefficient (Wildman–Crippen LogP) is 1.33. The monoisotopic (exact) mass is 371 g/mol. The SMILES string of the molecule is CCCN1CCC(NC(=O)C2CCN(c3ccc4nncn4n3)CC2)CC1. The smallest absolute Gasteiger partial charge is 0.223 e. The minimum atomic E-state index is 0.119. The van der Waals surface area contributed by atoms with E-state index in [0.717, 1.165) is 63.3 Å². The van der Waals surface area contributed by atoms with Crippen LogP contribution in [0.4, 0.5) is 5.82 Å². The van der Waals surface area contributed by atoms with Crippen LogP contribution in [0.1, 0.15) is 39.0 Å². The fraction of sp³-hybridized carbons (Fsp3) is 0.684. The number of hydrogen-bond acceptors (Lipinski definition) is 6. The Hall–Kier alpha value is -2.22. The second kappa shape index (κ2) is 8.21. The van der Waals surface area contributed by atoms with Crippen molar-refractivity contribution in [2.45, 2.75) is 45.1 Å². The lowest BCUT2D eigenvalue weighted by molar-refractivity contribution is -0.126. The maximum absolute atomic E-state index is 12.7. The quantitative estimate of drug-likeness (QED) is 0.854. The molecule has 8 nitrogen and oxygen atoms in total. The van der Waals surface area contributed by atoms with Crippen LogP contribution in [-0.4, -0.2) is 69.4 Å². The number of nitrogens with one attached hydrogen (secondary N) is 1.